The third-order valence-electron chi connectivity index (χ3n) is 4.63. The fraction of sp³-hybridized carbons (Fsp3) is 0.474. The van der Waals surface area contributed by atoms with Gasteiger partial charge in [0, 0.05) is 43.6 Å². The molecule has 1 aliphatic rings. The highest BCUT2D eigenvalue weighted by atomic mass is 35.5. The Morgan fingerprint density at radius 3 is 3.04 bits per heavy atom. The number of nitrogens with zero attached hydrogens (tertiary/aromatic N) is 3. The predicted molar refractivity (Wildman–Crippen MR) is 108 cm³/mol. The van der Waals surface area contributed by atoms with Gasteiger partial charge in [-0.05, 0) is 31.0 Å². The summed E-state index contributed by atoms with van der Waals surface area (Å²) in [6.07, 6.45) is 1.13. The second-order valence-corrected chi connectivity index (χ2v) is 7.93. The Morgan fingerprint density at radius 2 is 2.35 bits per heavy atom. The molecular weight excluding hydrogens is 368 g/mol. The maximum Gasteiger partial charge on any atom is 0.193 e. The SMILES string of the molecule is CN=C(NC1CC1c1cccc(Cl)c1)N(C)Cc1csc(C(C)OC)n1. The van der Waals surface area contributed by atoms with Crippen molar-refractivity contribution >= 4 is 28.9 Å². The molecule has 1 saturated carbocycles. The first-order chi connectivity index (χ1) is 12.5. The van der Waals surface area contributed by atoms with Gasteiger partial charge in [0.25, 0.3) is 0 Å². The van der Waals surface area contributed by atoms with Crippen LogP contribution < -0.4 is 5.32 Å². The third-order valence-corrected chi connectivity index (χ3v) is 5.91. The lowest BCUT2D eigenvalue weighted by atomic mass is 10.1. The van der Waals surface area contributed by atoms with Gasteiger partial charge < -0.3 is 15.0 Å². The number of methoxy groups -OCH3 is 1. The fourth-order valence-electron chi connectivity index (χ4n) is 2.97. The van der Waals surface area contributed by atoms with Gasteiger partial charge in [-0.3, -0.25) is 4.99 Å². The monoisotopic (exact) mass is 392 g/mol. The molecule has 2 aromatic rings. The van der Waals surface area contributed by atoms with Crippen molar-refractivity contribution in [2.45, 2.75) is 38.0 Å². The van der Waals surface area contributed by atoms with Gasteiger partial charge in [-0.15, -0.1) is 11.3 Å². The molecule has 1 N–H and O–H groups in total. The number of hydrogen-bond acceptors (Lipinski definition) is 4. The zero-order valence-electron chi connectivity index (χ0n) is 15.6. The van der Waals surface area contributed by atoms with Gasteiger partial charge in [0.1, 0.15) is 11.1 Å². The lowest BCUT2D eigenvalue weighted by Gasteiger charge is -2.21. The van der Waals surface area contributed by atoms with Gasteiger partial charge in [0.05, 0.1) is 12.2 Å². The first kappa shape index (κ1) is 19.1. The lowest BCUT2D eigenvalue weighted by Crippen LogP contribution is -2.40. The second-order valence-electron chi connectivity index (χ2n) is 6.61. The molecule has 0 bridgehead atoms. The molecule has 1 aromatic heterocycles. The van der Waals surface area contributed by atoms with E-state index in [0.29, 0.717) is 18.5 Å². The highest BCUT2D eigenvalue weighted by molar-refractivity contribution is 7.09. The molecule has 3 rings (SSSR count). The molecule has 3 atom stereocenters. The molecule has 0 radical (unpaired) electrons. The van der Waals surface area contributed by atoms with Crippen LogP contribution in [-0.2, 0) is 11.3 Å². The molecule has 0 amide bonds. The summed E-state index contributed by atoms with van der Waals surface area (Å²) >= 11 is 7.74. The van der Waals surface area contributed by atoms with Crippen LogP contribution in [0, 0.1) is 0 Å². The molecule has 1 fully saturated rings. The molecule has 26 heavy (non-hydrogen) atoms. The van der Waals surface area contributed by atoms with Crippen molar-refractivity contribution in [2.24, 2.45) is 4.99 Å². The number of ether oxygens (including phenoxy) is 1. The summed E-state index contributed by atoms with van der Waals surface area (Å²) in [5.41, 5.74) is 2.31. The van der Waals surface area contributed by atoms with Crippen LogP contribution in [0.4, 0.5) is 0 Å². The van der Waals surface area contributed by atoms with E-state index in [9.17, 15) is 0 Å². The summed E-state index contributed by atoms with van der Waals surface area (Å²) in [6, 6.07) is 8.51. The predicted octanol–water partition coefficient (Wildman–Crippen LogP) is 4.07. The van der Waals surface area contributed by atoms with Crippen molar-refractivity contribution in [2.75, 3.05) is 21.2 Å². The number of halogens is 1. The number of guanidine groups is 1. The van der Waals surface area contributed by atoms with Gasteiger partial charge in [0.15, 0.2) is 5.96 Å². The number of benzene rings is 1. The molecule has 0 saturated heterocycles. The largest absolute Gasteiger partial charge is 0.375 e. The molecule has 0 spiro atoms. The average molecular weight is 393 g/mol. The quantitative estimate of drug-likeness (QED) is 0.594. The zero-order chi connectivity index (χ0) is 18.7. The summed E-state index contributed by atoms with van der Waals surface area (Å²) in [5, 5.41) is 7.43. The van der Waals surface area contributed by atoms with E-state index in [1.807, 2.05) is 39.2 Å². The van der Waals surface area contributed by atoms with Crippen LogP contribution in [0.25, 0.3) is 0 Å². The van der Waals surface area contributed by atoms with Crippen LogP contribution in [0.3, 0.4) is 0 Å². The molecule has 140 valence electrons. The molecule has 1 aromatic carbocycles. The number of rotatable bonds is 6. The smallest absolute Gasteiger partial charge is 0.193 e. The first-order valence-corrected chi connectivity index (χ1v) is 9.94. The minimum Gasteiger partial charge on any atom is -0.375 e. The Bertz CT molecular complexity index is 778. The standard InChI is InChI=1S/C19H25ClN4OS/c1-12(25-4)18-22-15(11-26-18)10-24(3)19(21-2)23-17-9-16(17)13-6-5-7-14(20)8-13/h5-8,11-12,16-17H,9-10H2,1-4H3,(H,21,23). The summed E-state index contributed by atoms with van der Waals surface area (Å²) in [4.78, 5) is 11.2. The Labute approximate surface area is 164 Å². The topological polar surface area (TPSA) is 49.8 Å². The number of nitrogens with one attached hydrogen (secondary N) is 1. The zero-order valence-corrected chi connectivity index (χ0v) is 17.1. The minimum atomic E-state index is 0.0291. The molecule has 5 nitrogen and oxygen atoms in total. The van der Waals surface area contributed by atoms with Crippen molar-refractivity contribution in [1.29, 1.82) is 0 Å². The van der Waals surface area contributed by atoms with E-state index in [4.69, 9.17) is 16.3 Å². The van der Waals surface area contributed by atoms with Gasteiger partial charge in [-0.25, -0.2) is 4.98 Å². The molecule has 0 aliphatic heterocycles. The highest BCUT2D eigenvalue weighted by Gasteiger charge is 2.39. The Hall–Kier alpha value is -1.63. The van der Waals surface area contributed by atoms with Crippen LogP contribution >= 0.6 is 22.9 Å². The Balaban J connectivity index is 1.57. The normalized spacial score (nSPS) is 20.7. The van der Waals surface area contributed by atoms with Crippen LogP contribution in [-0.4, -0.2) is 43.1 Å². The first-order valence-electron chi connectivity index (χ1n) is 8.68. The van der Waals surface area contributed by atoms with Crippen molar-refractivity contribution < 1.29 is 4.74 Å². The number of aromatic nitrogens is 1. The number of thiazole rings is 1. The summed E-state index contributed by atoms with van der Waals surface area (Å²) in [6.45, 7) is 2.72. The minimum absolute atomic E-state index is 0.0291. The maximum atomic E-state index is 6.11. The summed E-state index contributed by atoms with van der Waals surface area (Å²) < 4.78 is 5.34. The van der Waals surface area contributed by atoms with Gasteiger partial charge in [0.2, 0.25) is 0 Å². The lowest BCUT2D eigenvalue weighted by molar-refractivity contribution is 0.119. The molecule has 1 aliphatic carbocycles. The van der Waals surface area contributed by atoms with E-state index in [1.165, 1.54) is 5.56 Å². The van der Waals surface area contributed by atoms with Crippen molar-refractivity contribution in [3.05, 3.63) is 50.9 Å². The fourth-order valence-corrected chi connectivity index (χ4v) is 4.01. The number of hydrogen-bond donors (Lipinski definition) is 1. The van der Waals surface area contributed by atoms with Crippen LogP contribution in [0.5, 0.6) is 0 Å². The van der Waals surface area contributed by atoms with Crippen molar-refractivity contribution in [3.63, 3.8) is 0 Å². The van der Waals surface area contributed by atoms with Crippen LogP contribution in [0.15, 0.2) is 34.6 Å². The average Bonchev–Trinajstić information content (AvgIpc) is 3.26. The molecule has 3 unspecified atom stereocenters. The van der Waals surface area contributed by atoms with E-state index in [1.54, 1.807) is 18.4 Å². The summed E-state index contributed by atoms with van der Waals surface area (Å²) in [5.74, 6) is 1.38. The summed E-state index contributed by atoms with van der Waals surface area (Å²) in [7, 11) is 5.55. The Kier molecular flexibility index (Phi) is 6.16. The van der Waals surface area contributed by atoms with E-state index in [0.717, 1.165) is 28.1 Å². The second kappa shape index (κ2) is 8.37. The van der Waals surface area contributed by atoms with E-state index < -0.39 is 0 Å². The molecule has 7 heteroatoms. The maximum absolute atomic E-state index is 6.11. The Morgan fingerprint density at radius 1 is 1.54 bits per heavy atom. The van der Waals surface area contributed by atoms with Crippen LogP contribution in [0.2, 0.25) is 5.02 Å². The van der Waals surface area contributed by atoms with Gasteiger partial charge in [-0.2, -0.15) is 0 Å². The molecular formula is C19H25ClN4OS. The van der Waals surface area contributed by atoms with E-state index in [2.05, 4.69) is 31.6 Å². The van der Waals surface area contributed by atoms with Crippen molar-refractivity contribution in [1.82, 2.24) is 15.2 Å². The van der Waals surface area contributed by atoms with E-state index in [-0.39, 0.29) is 6.10 Å². The molecule has 1 heterocycles. The van der Waals surface area contributed by atoms with Crippen molar-refractivity contribution in [3.8, 4) is 0 Å². The highest BCUT2D eigenvalue weighted by Crippen LogP contribution is 2.41. The van der Waals surface area contributed by atoms with Gasteiger partial charge in [-0.1, -0.05) is 23.7 Å². The third kappa shape index (κ3) is 4.55. The van der Waals surface area contributed by atoms with Crippen LogP contribution in [0.1, 0.15) is 41.6 Å². The van der Waals surface area contributed by atoms with Gasteiger partial charge >= 0.3 is 0 Å². The number of aliphatic imine (C=N–C) groups is 1. The van der Waals surface area contributed by atoms with E-state index >= 15 is 0 Å².